The molecule has 26 heavy (non-hydrogen) atoms. The van der Waals surface area contributed by atoms with E-state index in [1.807, 2.05) is 13.0 Å². The van der Waals surface area contributed by atoms with Crippen LogP contribution < -0.4 is 0 Å². The van der Waals surface area contributed by atoms with Gasteiger partial charge in [0.15, 0.2) is 0 Å². The van der Waals surface area contributed by atoms with Gasteiger partial charge in [-0.3, -0.25) is 4.90 Å². The van der Waals surface area contributed by atoms with Crippen LogP contribution in [0.1, 0.15) is 29.8 Å². The summed E-state index contributed by atoms with van der Waals surface area (Å²) in [6.45, 7) is 5.42. The fourth-order valence-corrected chi connectivity index (χ4v) is 3.96. The normalized spacial score (nSPS) is 16.0. The standard InChI is InChI=1S/C23H27N3/c1-19-7-5-11-23(24-19)26-14-6-10-22(26)18-25-15-12-21(13-16-25)17-20-8-3-2-4-9-20/h2-11,14,21H,12-13,15-18H2,1H3. The highest BCUT2D eigenvalue weighted by atomic mass is 15.2. The van der Waals surface area contributed by atoms with Crippen molar-refractivity contribution in [2.45, 2.75) is 32.7 Å². The van der Waals surface area contributed by atoms with Crippen LogP contribution in [0, 0.1) is 12.8 Å². The predicted molar refractivity (Wildman–Crippen MR) is 106 cm³/mol. The molecule has 0 bridgehead atoms. The summed E-state index contributed by atoms with van der Waals surface area (Å²) >= 11 is 0. The van der Waals surface area contributed by atoms with Crippen LogP contribution in [0.4, 0.5) is 0 Å². The Kier molecular flexibility index (Phi) is 5.16. The number of likely N-dealkylation sites (tertiary alicyclic amines) is 1. The number of piperidine rings is 1. The maximum atomic E-state index is 4.67. The number of nitrogens with zero attached hydrogens (tertiary/aromatic N) is 3. The van der Waals surface area contributed by atoms with Crippen molar-refractivity contribution >= 4 is 0 Å². The van der Waals surface area contributed by atoms with Gasteiger partial charge in [0, 0.05) is 24.1 Å². The Morgan fingerprint density at radius 3 is 2.50 bits per heavy atom. The molecule has 0 radical (unpaired) electrons. The minimum absolute atomic E-state index is 0.818. The Balaban J connectivity index is 1.36. The van der Waals surface area contributed by atoms with Gasteiger partial charge in [-0.05, 0) is 75.0 Å². The Hall–Kier alpha value is -2.39. The lowest BCUT2D eigenvalue weighted by Gasteiger charge is -2.32. The van der Waals surface area contributed by atoms with Gasteiger partial charge in [0.1, 0.15) is 5.82 Å². The van der Waals surface area contributed by atoms with Crippen molar-refractivity contribution in [2.75, 3.05) is 13.1 Å². The summed E-state index contributed by atoms with van der Waals surface area (Å²) in [5, 5.41) is 0. The van der Waals surface area contributed by atoms with E-state index in [0.717, 1.165) is 24.0 Å². The van der Waals surface area contributed by atoms with Crippen LogP contribution >= 0.6 is 0 Å². The lowest BCUT2D eigenvalue weighted by Crippen LogP contribution is -2.34. The Morgan fingerprint density at radius 1 is 0.923 bits per heavy atom. The SMILES string of the molecule is Cc1cccc(-n2cccc2CN2CCC(Cc3ccccc3)CC2)n1. The first-order valence-corrected chi connectivity index (χ1v) is 9.64. The average Bonchev–Trinajstić information content (AvgIpc) is 3.12. The first-order chi connectivity index (χ1) is 12.8. The lowest BCUT2D eigenvalue weighted by atomic mass is 9.90. The molecular formula is C23H27N3. The molecule has 0 aliphatic carbocycles. The van der Waals surface area contributed by atoms with E-state index in [0.29, 0.717) is 0 Å². The van der Waals surface area contributed by atoms with Crippen LogP contribution in [0.3, 0.4) is 0 Å². The van der Waals surface area contributed by atoms with Crippen LogP contribution in [-0.4, -0.2) is 27.5 Å². The molecule has 134 valence electrons. The van der Waals surface area contributed by atoms with Gasteiger partial charge in [-0.1, -0.05) is 36.4 Å². The van der Waals surface area contributed by atoms with Crippen molar-refractivity contribution in [3.63, 3.8) is 0 Å². The number of benzene rings is 1. The number of aromatic nitrogens is 2. The van der Waals surface area contributed by atoms with E-state index in [1.165, 1.54) is 43.6 Å². The van der Waals surface area contributed by atoms with Crippen molar-refractivity contribution in [1.29, 1.82) is 0 Å². The number of aryl methyl sites for hydroxylation is 1. The third-order valence-corrected chi connectivity index (χ3v) is 5.41. The largest absolute Gasteiger partial charge is 0.304 e. The molecule has 3 nitrogen and oxygen atoms in total. The summed E-state index contributed by atoms with van der Waals surface area (Å²) in [4.78, 5) is 7.26. The van der Waals surface area contributed by atoms with E-state index in [2.05, 4.69) is 75.2 Å². The molecule has 0 amide bonds. The molecule has 1 aliphatic heterocycles. The number of pyridine rings is 1. The molecular weight excluding hydrogens is 318 g/mol. The van der Waals surface area contributed by atoms with Crippen LogP contribution in [0.2, 0.25) is 0 Å². The van der Waals surface area contributed by atoms with Crippen LogP contribution in [-0.2, 0) is 13.0 Å². The molecule has 1 aliphatic rings. The van der Waals surface area contributed by atoms with E-state index in [9.17, 15) is 0 Å². The lowest BCUT2D eigenvalue weighted by molar-refractivity contribution is 0.174. The molecule has 2 aromatic heterocycles. The molecule has 0 N–H and O–H groups in total. The van der Waals surface area contributed by atoms with Gasteiger partial charge in [0.25, 0.3) is 0 Å². The summed E-state index contributed by atoms with van der Waals surface area (Å²) < 4.78 is 2.23. The van der Waals surface area contributed by atoms with Gasteiger partial charge in [-0.25, -0.2) is 4.98 Å². The summed E-state index contributed by atoms with van der Waals surface area (Å²) in [6.07, 6.45) is 5.92. The molecule has 0 atom stereocenters. The van der Waals surface area contributed by atoms with Gasteiger partial charge in [-0.15, -0.1) is 0 Å². The molecule has 3 heteroatoms. The second-order valence-corrected chi connectivity index (χ2v) is 7.42. The molecule has 0 unspecified atom stereocenters. The number of hydrogen-bond donors (Lipinski definition) is 0. The Labute approximate surface area is 156 Å². The second-order valence-electron chi connectivity index (χ2n) is 7.42. The highest BCUT2D eigenvalue weighted by Crippen LogP contribution is 2.23. The molecule has 1 saturated heterocycles. The van der Waals surface area contributed by atoms with Gasteiger partial charge in [0.05, 0.1) is 0 Å². The third-order valence-electron chi connectivity index (χ3n) is 5.41. The summed E-state index contributed by atoms with van der Waals surface area (Å²) in [6, 6.07) is 21.5. The average molecular weight is 345 g/mol. The van der Waals surface area contributed by atoms with Crippen molar-refractivity contribution < 1.29 is 0 Å². The van der Waals surface area contributed by atoms with Crippen LogP contribution in [0.5, 0.6) is 0 Å². The van der Waals surface area contributed by atoms with Crippen LogP contribution in [0.15, 0.2) is 66.9 Å². The molecule has 1 fully saturated rings. The zero-order chi connectivity index (χ0) is 17.8. The topological polar surface area (TPSA) is 21.1 Å². The first-order valence-electron chi connectivity index (χ1n) is 9.64. The predicted octanol–water partition coefficient (Wildman–Crippen LogP) is 4.64. The highest BCUT2D eigenvalue weighted by molar-refractivity contribution is 5.29. The minimum Gasteiger partial charge on any atom is -0.304 e. The Bertz CT molecular complexity index is 829. The van der Waals surface area contributed by atoms with E-state index in [-0.39, 0.29) is 0 Å². The first kappa shape index (κ1) is 17.0. The molecule has 1 aromatic carbocycles. The Morgan fingerprint density at radius 2 is 1.73 bits per heavy atom. The van der Waals surface area contributed by atoms with Crippen LogP contribution in [0.25, 0.3) is 5.82 Å². The van der Waals surface area contributed by atoms with Crippen molar-refractivity contribution in [2.24, 2.45) is 5.92 Å². The van der Waals surface area contributed by atoms with Gasteiger partial charge in [-0.2, -0.15) is 0 Å². The smallest absolute Gasteiger partial charge is 0.137 e. The van der Waals surface area contributed by atoms with E-state index in [1.54, 1.807) is 0 Å². The van der Waals surface area contributed by atoms with Gasteiger partial charge >= 0.3 is 0 Å². The van der Waals surface area contributed by atoms with E-state index >= 15 is 0 Å². The van der Waals surface area contributed by atoms with Gasteiger partial charge < -0.3 is 4.57 Å². The molecule has 3 aromatic rings. The zero-order valence-corrected chi connectivity index (χ0v) is 15.5. The fourth-order valence-electron chi connectivity index (χ4n) is 3.96. The highest BCUT2D eigenvalue weighted by Gasteiger charge is 2.20. The fraction of sp³-hybridized carbons (Fsp3) is 0.348. The molecule has 0 spiro atoms. The number of rotatable bonds is 5. The number of hydrogen-bond acceptors (Lipinski definition) is 2. The third kappa shape index (κ3) is 4.05. The monoisotopic (exact) mass is 345 g/mol. The van der Waals surface area contributed by atoms with E-state index in [4.69, 9.17) is 0 Å². The maximum Gasteiger partial charge on any atom is 0.137 e. The van der Waals surface area contributed by atoms with Crippen molar-refractivity contribution in [3.05, 3.63) is 83.8 Å². The summed E-state index contributed by atoms with van der Waals surface area (Å²) in [7, 11) is 0. The second kappa shape index (κ2) is 7.88. The van der Waals surface area contributed by atoms with Crippen molar-refractivity contribution in [3.8, 4) is 5.82 Å². The minimum atomic E-state index is 0.818. The molecule has 4 rings (SSSR count). The quantitative estimate of drug-likeness (QED) is 0.672. The molecule has 3 heterocycles. The summed E-state index contributed by atoms with van der Waals surface area (Å²) in [5.41, 5.74) is 3.86. The summed E-state index contributed by atoms with van der Waals surface area (Å²) in [5.74, 6) is 1.84. The van der Waals surface area contributed by atoms with E-state index < -0.39 is 0 Å². The maximum absolute atomic E-state index is 4.67. The van der Waals surface area contributed by atoms with Crippen molar-refractivity contribution in [1.82, 2.24) is 14.5 Å². The van der Waals surface area contributed by atoms with Gasteiger partial charge in [0.2, 0.25) is 0 Å². The molecule has 0 saturated carbocycles. The zero-order valence-electron chi connectivity index (χ0n) is 15.5.